The van der Waals surface area contributed by atoms with Gasteiger partial charge in [-0.25, -0.2) is 0 Å². The highest BCUT2D eigenvalue weighted by Gasteiger charge is 2.31. The normalized spacial score (nSPS) is 16.5. The van der Waals surface area contributed by atoms with Crippen LogP contribution in [0, 0.1) is 17.2 Å². The van der Waals surface area contributed by atoms with E-state index in [9.17, 15) is 28.0 Å². The first-order chi connectivity index (χ1) is 12.7. The lowest BCUT2D eigenvalue weighted by atomic mass is 9.89. The minimum atomic E-state index is -4.61. The zero-order valence-electron chi connectivity index (χ0n) is 14.4. The Balaban J connectivity index is 1.82. The number of alkyl halides is 3. The monoisotopic (exact) mass is 395 g/mol. The Labute approximate surface area is 157 Å². The summed E-state index contributed by atoms with van der Waals surface area (Å²) in [6.07, 6.45) is -1.43. The number of pyridine rings is 1. The minimum absolute atomic E-state index is 0.390. The molecule has 2 heterocycles. The highest BCUT2D eigenvalue weighted by Crippen LogP contribution is 2.39. The molecule has 27 heavy (non-hydrogen) atoms. The molecular formula is C18H16F3N3O2S. The van der Waals surface area contributed by atoms with E-state index in [0.717, 1.165) is 35.8 Å². The van der Waals surface area contributed by atoms with Gasteiger partial charge in [0, 0.05) is 17.1 Å². The van der Waals surface area contributed by atoms with Crippen molar-refractivity contribution < 1.29 is 18.0 Å². The Hall–Kier alpha value is -2.60. The van der Waals surface area contributed by atoms with E-state index < -0.39 is 29.8 Å². The molecule has 2 aromatic heterocycles. The van der Waals surface area contributed by atoms with Crippen molar-refractivity contribution in [1.29, 1.82) is 5.26 Å². The summed E-state index contributed by atoms with van der Waals surface area (Å²) >= 11 is 1.32. The third-order valence-electron chi connectivity index (χ3n) is 4.50. The molecule has 142 valence electrons. The highest BCUT2D eigenvalue weighted by molar-refractivity contribution is 7.16. The topological polar surface area (TPSA) is 74.9 Å². The van der Waals surface area contributed by atoms with Gasteiger partial charge in [0.25, 0.3) is 5.56 Å². The number of anilines is 1. The lowest BCUT2D eigenvalue weighted by molar-refractivity contribution is -0.138. The molecule has 0 radical (unpaired) electrons. The second-order valence-electron chi connectivity index (χ2n) is 6.60. The molecule has 0 bridgehead atoms. The van der Waals surface area contributed by atoms with Gasteiger partial charge < -0.3 is 9.88 Å². The van der Waals surface area contributed by atoms with Crippen LogP contribution in [0.2, 0.25) is 0 Å². The van der Waals surface area contributed by atoms with Crippen LogP contribution in [-0.4, -0.2) is 10.5 Å². The van der Waals surface area contributed by atoms with E-state index in [1.165, 1.54) is 11.3 Å². The van der Waals surface area contributed by atoms with Crippen molar-refractivity contribution in [3.05, 3.63) is 50.3 Å². The SMILES string of the molecule is CC1CCc2c(sc(NC(=O)Cn3cc(C(F)(F)F)ccc3=O)c2C#N)C1. The maximum atomic E-state index is 12.8. The van der Waals surface area contributed by atoms with Crippen LogP contribution >= 0.6 is 11.3 Å². The maximum Gasteiger partial charge on any atom is 0.417 e. The predicted molar refractivity (Wildman–Crippen MR) is 94.6 cm³/mol. The molecule has 1 aliphatic carbocycles. The third-order valence-corrected chi connectivity index (χ3v) is 5.67. The minimum Gasteiger partial charge on any atom is -0.315 e. The van der Waals surface area contributed by atoms with E-state index in [4.69, 9.17) is 0 Å². The lowest BCUT2D eigenvalue weighted by Gasteiger charge is -2.17. The predicted octanol–water partition coefficient (Wildman–Crippen LogP) is 3.56. The molecule has 1 amide bonds. The first kappa shape index (κ1) is 19.2. The van der Waals surface area contributed by atoms with E-state index in [1.807, 2.05) is 0 Å². The summed E-state index contributed by atoms with van der Waals surface area (Å²) < 4.78 is 39.1. The first-order valence-electron chi connectivity index (χ1n) is 8.31. The molecular weight excluding hydrogens is 379 g/mol. The summed E-state index contributed by atoms with van der Waals surface area (Å²) in [5.41, 5.74) is -0.370. The molecule has 0 aliphatic heterocycles. The molecule has 9 heteroatoms. The number of nitrogens with zero attached hydrogens (tertiary/aromatic N) is 2. The number of carbonyl (C=O) groups excluding carboxylic acids is 1. The standard InChI is InChI=1S/C18H16F3N3O2S/c1-10-2-4-12-13(7-22)17(27-14(12)6-10)23-15(25)9-24-8-11(18(19,20)21)3-5-16(24)26/h3,5,8,10H,2,4,6,9H2,1H3,(H,23,25). The average molecular weight is 395 g/mol. The Kier molecular flexibility index (Phi) is 5.11. The van der Waals surface area contributed by atoms with Crippen molar-refractivity contribution in [3.8, 4) is 6.07 Å². The second kappa shape index (κ2) is 7.19. The summed E-state index contributed by atoms with van der Waals surface area (Å²) in [6, 6.07) is 3.57. The van der Waals surface area contributed by atoms with Crippen molar-refractivity contribution in [2.24, 2.45) is 5.92 Å². The highest BCUT2D eigenvalue weighted by atomic mass is 32.1. The number of hydrogen-bond donors (Lipinski definition) is 1. The van der Waals surface area contributed by atoms with Gasteiger partial charge in [0.2, 0.25) is 5.91 Å². The van der Waals surface area contributed by atoms with Gasteiger partial charge in [-0.1, -0.05) is 6.92 Å². The Bertz CT molecular complexity index is 985. The summed E-state index contributed by atoms with van der Waals surface area (Å²) in [4.78, 5) is 25.1. The fourth-order valence-corrected chi connectivity index (χ4v) is 4.48. The number of rotatable bonds is 3. The fraction of sp³-hybridized carbons (Fsp3) is 0.389. The van der Waals surface area contributed by atoms with Crippen molar-refractivity contribution in [3.63, 3.8) is 0 Å². The van der Waals surface area contributed by atoms with Crippen LogP contribution in [0.25, 0.3) is 0 Å². The number of nitriles is 1. The van der Waals surface area contributed by atoms with E-state index in [-0.39, 0.29) is 0 Å². The molecule has 1 aliphatic rings. The van der Waals surface area contributed by atoms with E-state index in [0.29, 0.717) is 33.3 Å². The molecule has 0 saturated carbocycles. The van der Waals surface area contributed by atoms with Crippen LogP contribution in [0.4, 0.5) is 18.2 Å². The van der Waals surface area contributed by atoms with Crippen LogP contribution in [0.3, 0.4) is 0 Å². The smallest absolute Gasteiger partial charge is 0.315 e. The first-order valence-corrected chi connectivity index (χ1v) is 9.13. The summed E-state index contributed by atoms with van der Waals surface area (Å²) in [5, 5.41) is 12.4. The number of carbonyl (C=O) groups is 1. The van der Waals surface area contributed by atoms with Gasteiger partial charge >= 0.3 is 6.18 Å². The van der Waals surface area contributed by atoms with Gasteiger partial charge in [-0.3, -0.25) is 9.59 Å². The average Bonchev–Trinajstić information content (AvgIpc) is 2.91. The van der Waals surface area contributed by atoms with Crippen LogP contribution in [-0.2, 0) is 30.4 Å². The number of halogens is 3. The summed E-state index contributed by atoms with van der Waals surface area (Å²) in [6.45, 7) is 1.56. The lowest BCUT2D eigenvalue weighted by Crippen LogP contribution is -2.28. The van der Waals surface area contributed by atoms with Crippen LogP contribution in [0.15, 0.2) is 23.1 Å². The Morgan fingerprint density at radius 2 is 2.19 bits per heavy atom. The van der Waals surface area contributed by atoms with Crippen LogP contribution < -0.4 is 10.9 Å². The zero-order valence-corrected chi connectivity index (χ0v) is 15.2. The number of aromatic nitrogens is 1. The molecule has 0 saturated heterocycles. The van der Waals surface area contributed by atoms with E-state index in [1.54, 1.807) is 0 Å². The molecule has 3 rings (SSSR count). The van der Waals surface area contributed by atoms with Crippen molar-refractivity contribution >= 4 is 22.2 Å². The molecule has 5 nitrogen and oxygen atoms in total. The number of fused-ring (bicyclic) bond motifs is 1. The molecule has 2 aromatic rings. The Morgan fingerprint density at radius 1 is 1.44 bits per heavy atom. The number of thiophene rings is 1. The van der Waals surface area contributed by atoms with Gasteiger partial charge in [0.15, 0.2) is 0 Å². The number of amides is 1. The van der Waals surface area contributed by atoms with Gasteiger partial charge in [-0.15, -0.1) is 11.3 Å². The summed E-state index contributed by atoms with van der Waals surface area (Å²) in [7, 11) is 0. The van der Waals surface area contributed by atoms with Crippen LogP contribution in [0.1, 0.15) is 34.9 Å². The maximum absolute atomic E-state index is 12.8. The van der Waals surface area contributed by atoms with Crippen LogP contribution in [0.5, 0.6) is 0 Å². The summed E-state index contributed by atoms with van der Waals surface area (Å²) in [5.74, 6) is -0.158. The van der Waals surface area contributed by atoms with Crippen molar-refractivity contribution in [2.45, 2.75) is 38.9 Å². The number of nitrogens with one attached hydrogen (secondary N) is 1. The molecule has 1 atom stereocenters. The number of hydrogen-bond acceptors (Lipinski definition) is 4. The molecule has 1 N–H and O–H groups in total. The van der Waals surface area contributed by atoms with Gasteiger partial charge in [0.1, 0.15) is 17.6 Å². The quantitative estimate of drug-likeness (QED) is 0.864. The van der Waals surface area contributed by atoms with Gasteiger partial charge in [-0.2, -0.15) is 18.4 Å². The molecule has 0 fully saturated rings. The molecule has 0 aromatic carbocycles. The fourth-order valence-electron chi connectivity index (χ4n) is 3.10. The van der Waals surface area contributed by atoms with Crippen molar-refractivity contribution in [2.75, 3.05) is 5.32 Å². The second-order valence-corrected chi connectivity index (χ2v) is 7.70. The zero-order chi connectivity index (χ0) is 19.8. The Morgan fingerprint density at radius 3 is 2.85 bits per heavy atom. The molecule has 1 unspecified atom stereocenters. The third kappa shape index (κ3) is 4.06. The van der Waals surface area contributed by atoms with Crippen molar-refractivity contribution in [1.82, 2.24) is 4.57 Å². The van der Waals surface area contributed by atoms with Gasteiger partial charge in [-0.05, 0) is 36.8 Å². The molecule has 0 spiro atoms. The van der Waals surface area contributed by atoms with E-state index >= 15 is 0 Å². The van der Waals surface area contributed by atoms with Gasteiger partial charge in [0.05, 0.1) is 11.1 Å². The largest absolute Gasteiger partial charge is 0.417 e. The van der Waals surface area contributed by atoms with E-state index in [2.05, 4.69) is 18.3 Å².